The van der Waals surface area contributed by atoms with E-state index in [1.54, 1.807) is 6.07 Å². The molecule has 2 N–H and O–H groups in total. The van der Waals surface area contributed by atoms with E-state index < -0.39 is 11.7 Å². The molecule has 2 rings (SSSR count). The lowest BCUT2D eigenvalue weighted by atomic mass is 10.1. The maximum absolute atomic E-state index is 13.1. The highest BCUT2D eigenvalue weighted by Gasteiger charge is 2.35. The SMILES string of the molecule is NCCc1ccc(OC2CCCOC2)c(C(F)(F)F)c1. The third-order valence-electron chi connectivity index (χ3n) is 3.19. The summed E-state index contributed by atoms with van der Waals surface area (Å²) in [5, 5.41) is 0. The molecule has 1 unspecified atom stereocenters. The molecule has 1 aliphatic heterocycles. The Hall–Kier alpha value is -1.27. The number of ether oxygens (including phenoxy) is 2. The number of rotatable bonds is 4. The molecule has 1 saturated heterocycles. The van der Waals surface area contributed by atoms with Crippen LogP contribution >= 0.6 is 0 Å². The molecule has 1 atom stereocenters. The Morgan fingerprint density at radius 3 is 2.75 bits per heavy atom. The zero-order valence-corrected chi connectivity index (χ0v) is 11.1. The third kappa shape index (κ3) is 3.86. The largest absolute Gasteiger partial charge is 0.487 e. The molecule has 1 aliphatic rings. The molecule has 1 heterocycles. The molecule has 0 spiro atoms. The van der Waals surface area contributed by atoms with Gasteiger partial charge in [0.2, 0.25) is 0 Å². The highest BCUT2D eigenvalue weighted by Crippen LogP contribution is 2.37. The summed E-state index contributed by atoms with van der Waals surface area (Å²) in [5.74, 6) is -0.131. The van der Waals surface area contributed by atoms with Crippen molar-refractivity contribution >= 4 is 0 Å². The van der Waals surface area contributed by atoms with Gasteiger partial charge in [-0.1, -0.05) is 6.07 Å². The Bertz CT molecular complexity index is 443. The van der Waals surface area contributed by atoms with E-state index in [0.29, 0.717) is 38.2 Å². The van der Waals surface area contributed by atoms with Crippen LogP contribution < -0.4 is 10.5 Å². The quantitative estimate of drug-likeness (QED) is 0.927. The molecule has 1 aromatic carbocycles. The van der Waals surface area contributed by atoms with Crippen LogP contribution in [0.3, 0.4) is 0 Å². The van der Waals surface area contributed by atoms with Crippen molar-refractivity contribution in [1.29, 1.82) is 0 Å². The minimum atomic E-state index is -4.44. The monoisotopic (exact) mass is 289 g/mol. The first-order chi connectivity index (χ1) is 9.50. The van der Waals surface area contributed by atoms with E-state index >= 15 is 0 Å². The smallest absolute Gasteiger partial charge is 0.419 e. The minimum absolute atomic E-state index is 0.131. The Balaban J connectivity index is 2.21. The third-order valence-corrected chi connectivity index (χ3v) is 3.19. The summed E-state index contributed by atoms with van der Waals surface area (Å²) < 4.78 is 49.9. The molecule has 6 heteroatoms. The van der Waals surface area contributed by atoms with Crippen molar-refractivity contribution in [3.05, 3.63) is 29.3 Å². The number of hydrogen-bond donors (Lipinski definition) is 1. The standard InChI is InChI=1S/C14H18F3NO2/c15-14(16,17)12-8-10(5-6-18)3-4-13(12)20-11-2-1-7-19-9-11/h3-4,8,11H,1-2,5-7,9,18H2. The van der Waals surface area contributed by atoms with Gasteiger partial charge in [0.25, 0.3) is 0 Å². The lowest BCUT2D eigenvalue weighted by molar-refractivity contribution is -0.139. The second-order valence-corrected chi connectivity index (χ2v) is 4.82. The Morgan fingerprint density at radius 2 is 2.15 bits per heavy atom. The normalized spacial score (nSPS) is 19.9. The second-order valence-electron chi connectivity index (χ2n) is 4.82. The van der Waals surface area contributed by atoms with Crippen molar-refractivity contribution in [2.45, 2.75) is 31.5 Å². The van der Waals surface area contributed by atoms with Gasteiger partial charge in [-0.15, -0.1) is 0 Å². The number of alkyl halides is 3. The minimum Gasteiger partial charge on any atom is -0.487 e. The van der Waals surface area contributed by atoms with Crippen molar-refractivity contribution < 1.29 is 22.6 Å². The topological polar surface area (TPSA) is 44.5 Å². The van der Waals surface area contributed by atoms with Crippen molar-refractivity contribution in [2.24, 2.45) is 5.73 Å². The number of hydrogen-bond acceptors (Lipinski definition) is 3. The van der Waals surface area contributed by atoms with E-state index in [1.165, 1.54) is 6.07 Å². The van der Waals surface area contributed by atoms with Crippen molar-refractivity contribution in [3.63, 3.8) is 0 Å². The predicted molar refractivity (Wildman–Crippen MR) is 68.7 cm³/mol. The molecule has 0 amide bonds. The van der Waals surface area contributed by atoms with Gasteiger partial charge < -0.3 is 15.2 Å². The van der Waals surface area contributed by atoms with E-state index in [9.17, 15) is 13.2 Å². The predicted octanol–water partition coefficient (Wildman–Crippen LogP) is 2.76. The van der Waals surface area contributed by atoms with E-state index in [-0.39, 0.29) is 11.9 Å². The average molecular weight is 289 g/mol. The molecule has 0 saturated carbocycles. The molecule has 112 valence electrons. The molecular weight excluding hydrogens is 271 g/mol. The Kier molecular flexibility index (Phi) is 4.88. The number of halogens is 3. The molecule has 0 aliphatic carbocycles. The second kappa shape index (κ2) is 6.45. The van der Waals surface area contributed by atoms with Crippen LogP contribution in [0.2, 0.25) is 0 Å². The van der Waals surface area contributed by atoms with E-state index in [0.717, 1.165) is 12.5 Å². The van der Waals surface area contributed by atoms with E-state index in [4.69, 9.17) is 15.2 Å². The maximum Gasteiger partial charge on any atom is 0.419 e. The van der Waals surface area contributed by atoms with Crippen LogP contribution in [-0.2, 0) is 17.3 Å². The Morgan fingerprint density at radius 1 is 1.35 bits per heavy atom. The molecule has 20 heavy (non-hydrogen) atoms. The van der Waals surface area contributed by atoms with Gasteiger partial charge >= 0.3 is 6.18 Å². The van der Waals surface area contributed by atoms with Gasteiger partial charge in [-0.2, -0.15) is 13.2 Å². The summed E-state index contributed by atoms with van der Waals surface area (Å²) in [6, 6.07) is 4.12. The summed E-state index contributed by atoms with van der Waals surface area (Å²) in [5.41, 5.74) is 5.20. The molecule has 1 fully saturated rings. The maximum atomic E-state index is 13.1. The summed E-state index contributed by atoms with van der Waals surface area (Å²) in [6.07, 6.45) is -2.82. The average Bonchev–Trinajstić information content (AvgIpc) is 2.41. The highest BCUT2D eigenvalue weighted by molar-refractivity contribution is 5.39. The van der Waals surface area contributed by atoms with Crippen molar-refractivity contribution in [1.82, 2.24) is 0 Å². The fraction of sp³-hybridized carbons (Fsp3) is 0.571. The first-order valence-corrected chi connectivity index (χ1v) is 6.65. The van der Waals surface area contributed by atoms with Crippen LogP contribution in [0.5, 0.6) is 5.75 Å². The van der Waals surface area contributed by atoms with Crippen LogP contribution in [0.4, 0.5) is 13.2 Å². The van der Waals surface area contributed by atoms with Crippen LogP contribution in [0.25, 0.3) is 0 Å². The van der Waals surface area contributed by atoms with Crippen LogP contribution in [0.15, 0.2) is 18.2 Å². The molecule has 0 radical (unpaired) electrons. The van der Waals surface area contributed by atoms with E-state index in [2.05, 4.69) is 0 Å². The molecule has 0 bridgehead atoms. The molecule has 3 nitrogen and oxygen atoms in total. The van der Waals surface area contributed by atoms with Crippen molar-refractivity contribution in [2.75, 3.05) is 19.8 Å². The lowest BCUT2D eigenvalue weighted by Crippen LogP contribution is -2.29. The van der Waals surface area contributed by atoms with Crippen LogP contribution in [0, 0.1) is 0 Å². The van der Waals surface area contributed by atoms with Gasteiger partial charge in [-0.25, -0.2) is 0 Å². The van der Waals surface area contributed by atoms with Gasteiger partial charge in [-0.3, -0.25) is 0 Å². The summed E-state index contributed by atoms with van der Waals surface area (Å²) >= 11 is 0. The lowest BCUT2D eigenvalue weighted by Gasteiger charge is -2.25. The van der Waals surface area contributed by atoms with Crippen LogP contribution in [0.1, 0.15) is 24.0 Å². The summed E-state index contributed by atoms with van der Waals surface area (Å²) in [7, 11) is 0. The summed E-state index contributed by atoms with van der Waals surface area (Å²) in [4.78, 5) is 0. The van der Waals surface area contributed by atoms with Gasteiger partial charge in [0.15, 0.2) is 0 Å². The molecular formula is C14H18F3NO2. The zero-order valence-electron chi connectivity index (χ0n) is 11.1. The van der Waals surface area contributed by atoms with Crippen LogP contribution in [-0.4, -0.2) is 25.9 Å². The fourth-order valence-electron chi connectivity index (χ4n) is 2.21. The van der Waals surface area contributed by atoms with Gasteiger partial charge in [0.05, 0.1) is 12.2 Å². The van der Waals surface area contributed by atoms with Crippen molar-refractivity contribution in [3.8, 4) is 5.75 Å². The molecule has 0 aromatic heterocycles. The van der Waals surface area contributed by atoms with Gasteiger partial charge in [0.1, 0.15) is 11.9 Å². The van der Waals surface area contributed by atoms with E-state index in [1.807, 2.05) is 0 Å². The number of nitrogens with two attached hydrogens (primary N) is 1. The highest BCUT2D eigenvalue weighted by atomic mass is 19.4. The first-order valence-electron chi connectivity index (χ1n) is 6.65. The summed E-state index contributed by atoms with van der Waals surface area (Å²) in [6.45, 7) is 1.29. The molecule has 1 aromatic rings. The number of benzene rings is 1. The fourth-order valence-corrected chi connectivity index (χ4v) is 2.21. The zero-order chi connectivity index (χ0) is 14.6. The van der Waals surface area contributed by atoms with Gasteiger partial charge in [-0.05, 0) is 43.5 Å². The Labute approximate surface area is 115 Å². The van der Waals surface area contributed by atoms with Gasteiger partial charge in [0, 0.05) is 6.61 Å². The first kappa shape index (κ1) is 15.1.